The highest BCUT2D eigenvalue weighted by atomic mass is 32.2. The fraction of sp³-hybridized carbons (Fsp3) is 0.500. The molecule has 0 fully saturated rings. The number of carbonyl (C=O) groups excluding carboxylic acids is 1. The molecule has 0 radical (unpaired) electrons. The molecule has 3 N–H and O–H groups in total. The normalized spacial score (nSPS) is 12.2. The molecular weight excluding hydrogens is 234 g/mol. The number of nitrogens with two attached hydrogens (primary N) is 1. The first-order chi connectivity index (χ1) is 8.04. The van der Waals surface area contributed by atoms with Gasteiger partial charge in [-0.25, -0.2) is 0 Å². The summed E-state index contributed by atoms with van der Waals surface area (Å²) in [6, 6.07) is 1.81. The van der Waals surface area contributed by atoms with E-state index in [1.807, 2.05) is 6.92 Å². The Hall–Kier alpha value is -1.23. The Morgan fingerprint density at radius 3 is 3.00 bits per heavy atom. The number of hydrogen-bond acceptors (Lipinski definition) is 4. The summed E-state index contributed by atoms with van der Waals surface area (Å²) in [7, 11) is 0. The van der Waals surface area contributed by atoms with Crippen LogP contribution in [0.5, 0.6) is 0 Å². The van der Waals surface area contributed by atoms with E-state index in [1.54, 1.807) is 30.9 Å². The highest BCUT2D eigenvalue weighted by Gasteiger charge is 2.13. The van der Waals surface area contributed by atoms with Crippen molar-refractivity contribution in [3.63, 3.8) is 0 Å². The molecule has 0 bridgehead atoms. The molecule has 0 saturated heterocycles. The highest BCUT2D eigenvalue weighted by Crippen LogP contribution is 2.10. The monoisotopic (exact) mass is 253 g/mol. The maximum atomic E-state index is 12.0. The van der Waals surface area contributed by atoms with Gasteiger partial charge in [0.2, 0.25) is 0 Å². The number of carbonyl (C=O) groups is 1. The van der Waals surface area contributed by atoms with Crippen molar-refractivity contribution in [1.82, 2.24) is 10.3 Å². The first-order valence-corrected chi connectivity index (χ1v) is 6.80. The average Bonchev–Trinajstić information content (AvgIpc) is 2.29. The van der Waals surface area contributed by atoms with Crippen molar-refractivity contribution in [2.45, 2.75) is 26.8 Å². The van der Waals surface area contributed by atoms with E-state index in [0.717, 1.165) is 11.5 Å². The topological polar surface area (TPSA) is 68.0 Å². The minimum atomic E-state index is -0.105. The first kappa shape index (κ1) is 13.8. The van der Waals surface area contributed by atoms with Crippen LogP contribution in [0.1, 0.15) is 29.9 Å². The maximum Gasteiger partial charge on any atom is 0.253 e. The third kappa shape index (κ3) is 4.26. The van der Waals surface area contributed by atoms with Gasteiger partial charge in [0.05, 0.1) is 23.1 Å². The number of hydrogen-bond donors (Lipinski definition) is 2. The standard InChI is InChI=1S/C12H19N3OS/c1-4-17-7-8(2)15-12(16)11-5-10(13)6-14-9(11)3/h5-6,8H,4,7,13H2,1-3H3,(H,15,16). The molecule has 0 aromatic carbocycles. The predicted octanol–water partition coefficient (Wildman–Crippen LogP) is 1.84. The number of anilines is 1. The number of pyridine rings is 1. The van der Waals surface area contributed by atoms with E-state index in [2.05, 4.69) is 17.2 Å². The van der Waals surface area contributed by atoms with Crippen LogP contribution in [0.15, 0.2) is 12.3 Å². The molecule has 94 valence electrons. The molecule has 1 rings (SSSR count). The second-order valence-corrected chi connectivity index (χ2v) is 5.25. The maximum absolute atomic E-state index is 12.0. The van der Waals surface area contributed by atoms with E-state index in [9.17, 15) is 4.79 Å². The number of thioether (sulfide) groups is 1. The predicted molar refractivity (Wildman–Crippen MR) is 73.3 cm³/mol. The van der Waals surface area contributed by atoms with Crippen molar-refractivity contribution < 1.29 is 4.79 Å². The van der Waals surface area contributed by atoms with Crippen LogP contribution in [0.25, 0.3) is 0 Å². The minimum Gasteiger partial charge on any atom is -0.397 e. The zero-order valence-electron chi connectivity index (χ0n) is 10.5. The SMILES string of the molecule is CCSCC(C)NC(=O)c1cc(N)cnc1C. The Morgan fingerprint density at radius 2 is 2.35 bits per heavy atom. The lowest BCUT2D eigenvalue weighted by atomic mass is 10.1. The lowest BCUT2D eigenvalue weighted by Crippen LogP contribution is -2.34. The minimum absolute atomic E-state index is 0.105. The van der Waals surface area contributed by atoms with Crippen LogP contribution in [-0.2, 0) is 0 Å². The number of rotatable bonds is 5. The molecule has 0 spiro atoms. The molecule has 0 saturated carbocycles. The molecule has 0 aliphatic carbocycles. The fourth-order valence-electron chi connectivity index (χ4n) is 1.42. The molecule has 1 unspecified atom stereocenters. The molecule has 0 aliphatic heterocycles. The van der Waals surface area contributed by atoms with Crippen LogP contribution in [0.3, 0.4) is 0 Å². The number of nitrogen functional groups attached to an aromatic ring is 1. The van der Waals surface area contributed by atoms with E-state index >= 15 is 0 Å². The van der Waals surface area contributed by atoms with Gasteiger partial charge in [-0.3, -0.25) is 9.78 Å². The summed E-state index contributed by atoms with van der Waals surface area (Å²) in [6.07, 6.45) is 1.56. The van der Waals surface area contributed by atoms with Gasteiger partial charge in [0.1, 0.15) is 0 Å². The van der Waals surface area contributed by atoms with Gasteiger partial charge in [-0.15, -0.1) is 0 Å². The zero-order chi connectivity index (χ0) is 12.8. The number of aromatic nitrogens is 1. The Balaban J connectivity index is 2.66. The molecule has 1 amide bonds. The Labute approximate surface area is 106 Å². The smallest absolute Gasteiger partial charge is 0.253 e. The van der Waals surface area contributed by atoms with E-state index in [1.165, 1.54) is 0 Å². The van der Waals surface area contributed by atoms with Crippen molar-refractivity contribution in [2.75, 3.05) is 17.2 Å². The summed E-state index contributed by atoms with van der Waals surface area (Å²) in [5, 5.41) is 2.94. The first-order valence-electron chi connectivity index (χ1n) is 5.65. The van der Waals surface area contributed by atoms with Gasteiger partial charge in [-0.1, -0.05) is 6.92 Å². The van der Waals surface area contributed by atoms with Crippen molar-refractivity contribution in [2.24, 2.45) is 0 Å². The molecule has 0 aliphatic rings. The van der Waals surface area contributed by atoms with Crippen molar-refractivity contribution in [3.8, 4) is 0 Å². The Bertz CT molecular complexity index is 395. The largest absolute Gasteiger partial charge is 0.397 e. The molecule has 17 heavy (non-hydrogen) atoms. The second-order valence-electron chi connectivity index (χ2n) is 3.94. The van der Waals surface area contributed by atoms with Gasteiger partial charge in [0.15, 0.2) is 0 Å². The quantitative estimate of drug-likeness (QED) is 0.840. The van der Waals surface area contributed by atoms with Gasteiger partial charge in [-0.2, -0.15) is 11.8 Å². The summed E-state index contributed by atoms with van der Waals surface area (Å²) >= 11 is 1.81. The van der Waals surface area contributed by atoms with Gasteiger partial charge < -0.3 is 11.1 Å². The second kappa shape index (κ2) is 6.49. The molecular formula is C12H19N3OS. The third-order valence-electron chi connectivity index (χ3n) is 2.30. The van der Waals surface area contributed by atoms with Crippen LogP contribution in [-0.4, -0.2) is 28.4 Å². The van der Waals surface area contributed by atoms with Crippen LogP contribution in [0, 0.1) is 6.92 Å². The van der Waals surface area contributed by atoms with Gasteiger partial charge >= 0.3 is 0 Å². The lowest BCUT2D eigenvalue weighted by molar-refractivity contribution is 0.0943. The summed E-state index contributed by atoms with van der Waals surface area (Å²) in [6.45, 7) is 5.90. The molecule has 5 heteroatoms. The van der Waals surface area contributed by atoms with E-state index in [0.29, 0.717) is 16.9 Å². The van der Waals surface area contributed by atoms with Gasteiger partial charge in [-0.05, 0) is 25.7 Å². The Morgan fingerprint density at radius 1 is 1.65 bits per heavy atom. The van der Waals surface area contributed by atoms with Crippen LogP contribution >= 0.6 is 11.8 Å². The molecule has 1 heterocycles. The van der Waals surface area contributed by atoms with Crippen LogP contribution < -0.4 is 11.1 Å². The summed E-state index contributed by atoms with van der Waals surface area (Å²) < 4.78 is 0. The molecule has 4 nitrogen and oxygen atoms in total. The van der Waals surface area contributed by atoms with Crippen molar-refractivity contribution in [3.05, 3.63) is 23.5 Å². The van der Waals surface area contributed by atoms with Crippen molar-refractivity contribution >= 4 is 23.4 Å². The molecule has 1 aromatic heterocycles. The lowest BCUT2D eigenvalue weighted by Gasteiger charge is -2.14. The Kier molecular flexibility index (Phi) is 5.28. The third-order valence-corrected chi connectivity index (χ3v) is 3.45. The fourth-order valence-corrected chi connectivity index (χ4v) is 2.09. The van der Waals surface area contributed by atoms with E-state index in [4.69, 9.17) is 5.73 Å². The molecule has 1 atom stereocenters. The summed E-state index contributed by atoms with van der Waals surface area (Å²) in [4.78, 5) is 16.1. The van der Waals surface area contributed by atoms with Crippen molar-refractivity contribution in [1.29, 1.82) is 0 Å². The van der Waals surface area contributed by atoms with Crippen LogP contribution in [0.4, 0.5) is 5.69 Å². The van der Waals surface area contributed by atoms with Gasteiger partial charge in [0.25, 0.3) is 5.91 Å². The molecule has 1 aromatic rings. The zero-order valence-corrected chi connectivity index (χ0v) is 11.3. The number of amides is 1. The van der Waals surface area contributed by atoms with E-state index < -0.39 is 0 Å². The van der Waals surface area contributed by atoms with Crippen LogP contribution in [0.2, 0.25) is 0 Å². The number of aryl methyl sites for hydroxylation is 1. The summed E-state index contributed by atoms with van der Waals surface area (Å²) in [5.74, 6) is 1.86. The number of nitrogens with one attached hydrogen (secondary N) is 1. The van der Waals surface area contributed by atoms with E-state index in [-0.39, 0.29) is 11.9 Å². The highest BCUT2D eigenvalue weighted by molar-refractivity contribution is 7.99. The van der Waals surface area contributed by atoms with Gasteiger partial charge in [0, 0.05) is 11.8 Å². The average molecular weight is 253 g/mol. The summed E-state index contributed by atoms with van der Waals surface area (Å²) in [5.41, 5.74) is 7.40. The number of nitrogens with zero attached hydrogens (tertiary/aromatic N) is 1.